The van der Waals surface area contributed by atoms with Crippen molar-refractivity contribution in [3.8, 4) is 0 Å². The van der Waals surface area contributed by atoms with Crippen molar-refractivity contribution in [2.24, 2.45) is 0 Å². The molecule has 1 aliphatic rings. The van der Waals surface area contributed by atoms with Crippen LogP contribution >= 0.6 is 11.8 Å². The molecule has 1 atom stereocenters. The summed E-state index contributed by atoms with van der Waals surface area (Å²) < 4.78 is 0. The van der Waals surface area contributed by atoms with Gasteiger partial charge in [0.15, 0.2) is 0 Å². The Bertz CT molecular complexity index is 420. The van der Waals surface area contributed by atoms with Gasteiger partial charge in [0.1, 0.15) is 0 Å². The Morgan fingerprint density at radius 1 is 1.44 bits per heavy atom. The van der Waals surface area contributed by atoms with Gasteiger partial charge in [0.05, 0.1) is 6.54 Å². The average Bonchev–Trinajstić information content (AvgIpc) is 2.35. The number of rotatable bonds is 4. The van der Waals surface area contributed by atoms with Gasteiger partial charge in [-0.05, 0) is 37.7 Å². The fourth-order valence-corrected chi connectivity index (χ4v) is 3.27. The first-order valence-electron chi connectivity index (χ1n) is 6.41. The molecule has 1 aromatic carbocycles. The van der Waals surface area contributed by atoms with E-state index in [-0.39, 0.29) is 11.9 Å². The molecule has 1 amide bonds. The van der Waals surface area contributed by atoms with E-state index in [0.29, 0.717) is 12.6 Å². The van der Waals surface area contributed by atoms with Crippen LogP contribution in [0.25, 0.3) is 0 Å². The molecule has 18 heavy (non-hydrogen) atoms. The first-order chi connectivity index (χ1) is 8.66. The van der Waals surface area contributed by atoms with Gasteiger partial charge in [-0.2, -0.15) is 0 Å². The number of thioether (sulfide) groups is 1. The van der Waals surface area contributed by atoms with Crippen molar-refractivity contribution in [3.05, 3.63) is 29.8 Å². The molecule has 0 radical (unpaired) electrons. The van der Waals surface area contributed by atoms with Crippen molar-refractivity contribution in [1.82, 2.24) is 10.6 Å². The van der Waals surface area contributed by atoms with Crippen LogP contribution in [0.1, 0.15) is 31.9 Å². The van der Waals surface area contributed by atoms with E-state index in [1.807, 2.05) is 25.6 Å². The summed E-state index contributed by atoms with van der Waals surface area (Å²) in [6.45, 7) is 4.34. The van der Waals surface area contributed by atoms with Crippen molar-refractivity contribution in [2.45, 2.75) is 37.2 Å². The van der Waals surface area contributed by atoms with Gasteiger partial charge in [-0.15, -0.1) is 11.8 Å². The first kappa shape index (κ1) is 13.4. The Kier molecular flexibility index (Phi) is 4.66. The molecule has 0 bridgehead atoms. The maximum Gasteiger partial charge on any atom is 0.234 e. The highest BCUT2D eigenvalue weighted by atomic mass is 32.2. The first-order valence-corrected chi connectivity index (χ1v) is 7.40. The Morgan fingerprint density at radius 3 is 3.00 bits per heavy atom. The summed E-state index contributed by atoms with van der Waals surface area (Å²) >= 11 is 1.90. The summed E-state index contributed by atoms with van der Waals surface area (Å²) in [7, 11) is 0. The standard InChI is InChI=1S/C14H20N2OS/c1-10(2)16-14(17)9-15-12-7-8-18-13-6-4-3-5-11(12)13/h3-6,10,12,15H,7-9H2,1-2H3,(H,16,17). The van der Waals surface area contributed by atoms with E-state index in [1.165, 1.54) is 10.5 Å². The molecule has 1 unspecified atom stereocenters. The summed E-state index contributed by atoms with van der Waals surface area (Å²) in [6, 6.07) is 8.95. The van der Waals surface area contributed by atoms with Crippen molar-refractivity contribution >= 4 is 17.7 Å². The van der Waals surface area contributed by atoms with Crippen LogP contribution in [0.15, 0.2) is 29.2 Å². The lowest BCUT2D eigenvalue weighted by molar-refractivity contribution is -0.120. The molecule has 3 nitrogen and oxygen atoms in total. The molecular weight excluding hydrogens is 244 g/mol. The zero-order valence-electron chi connectivity index (χ0n) is 10.9. The SMILES string of the molecule is CC(C)NC(=O)CNC1CCSc2ccccc21. The van der Waals surface area contributed by atoms with E-state index in [2.05, 4.69) is 34.9 Å². The second kappa shape index (κ2) is 6.25. The predicted octanol–water partition coefficient (Wildman–Crippen LogP) is 2.34. The summed E-state index contributed by atoms with van der Waals surface area (Å²) in [6.07, 6.45) is 1.08. The molecule has 0 saturated heterocycles. The van der Waals surface area contributed by atoms with Crippen molar-refractivity contribution in [3.63, 3.8) is 0 Å². The average molecular weight is 264 g/mol. The third-order valence-corrected chi connectivity index (χ3v) is 4.04. The molecule has 0 aromatic heterocycles. The van der Waals surface area contributed by atoms with Crippen molar-refractivity contribution in [1.29, 1.82) is 0 Å². The van der Waals surface area contributed by atoms with Crippen molar-refractivity contribution in [2.75, 3.05) is 12.3 Å². The molecule has 2 N–H and O–H groups in total. The maximum absolute atomic E-state index is 11.6. The molecule has 0 aliphatic carbocycles. The highest BCUT2D eigenvalue weighted by Gasteiger charge is 2.20. The topological polar surface area (TPSA) is 41.1 Å². The molecule has 0 saturated carbocycles. The lowest BCUT2D eigenvalue weighted by Gasteiger charge is -2.25. The van der Waals surface area contributed by atoms with Crippen LogP contribution in [0, 0.1) is 0 Å². The number of nitrogens with one attached hydrogen (secondary N) is 2. The van der Waals surface area contributed by atoms with Crippen molar-refractivity contribution < 1.29 is 4.79 Å². The number of hydrogen-bond acceptors (Lipinski definition) is 3. The van der Waals surface area contributed by atoms with Gasteiger partial charge in [-0.25, -0.2) is 0 Å². The fourth-order valence-electron chi connectivity index (χ4n) is 2.14. The van der Waals surface area contributed by atoms with E-state index in [0.717, 1.165) is 12.2 Å². The molecule has 0 fully saturated rings. The summed E-state index contributed by atoms with van der Waals surface area (Å²) in [4.78, 5) is 13.0. The van der Waals surface area contributed by atoms with Gasteiger partial charge < -0.3 is 10.6 Å². The Balaban J connectivity index is 1.93. The van der Waals surface area contributed by atoms with E-state index < -0.39 is 0 Å². The maximum atomic E-state index is 11.6. The van der Waals surface area contributed by atoms with Gasteiger partial charge in [0, 0.05) is 17.0 Å². The normalized spacial score (nSPS) is 18.5. The fraction of sp³-hybridized carbons (Fsp3) is 0.500. The van der Waals surface area contributed by atoms with Gasteiger partial charge in [0.25, 0.3) is 0 Å². The number of carbonyl (C=O) groups excluding carboxylic acids is 1. The quantitative estimate of drug-likeness (QED) is 0.877. The molecule has 1 aromatic rings. The lowest BCUT2D eigenvalue weighted by atomic mass is 10.0. The van der Waals surface area contributed by atoms with Gasteiger partial charge >= 0.3 is 0 Å². The second-order valence-corrected chi connectivity index (χ2v) is 5.97. The number of hydrogen-bond donors (Lipinski definition) is 2. The number of carbonyl (C=O) groups is 1. The smallest absolute Gasteiger partial charge is 0.234 e. The molecule has 1 heterocycles. The molecule has 0 spiro atoms. The largest absolute Gasteiger partial charge is 0.353 e. The predicted molar refractivity (Wildman–Crippen MR) is 75.8 cm³/mol. The summed E-state index contributed by atoms with van der Waals surface area (Å²) in [5.74, 6) is 1.18. The zero-order chi connectivity index (χ0) is 13.0. The third-order valence-electron chi connectivity index (χ3n) is 2.92. The van der Waals surface area contributed by atoms with E-state index in [4.69, 9.17) is 0 Å². The highest BCUT2D eigenvalue weighted by Crippen LogP contribution is 2.35. The van der Waals surface area contributed by atoms with Gasteiger partial charge in [-0.3, -0.25) is 4.79 Å². The molecule has 2 rings (SSSR count). The van der Waals surface area contributed by atoms with E-state index >= 15 is 0 Å². The van der Waals surface area contributed by atoms with E-state index in [9.17, 15) is 4.79 Å². The monoisotopic (exact) mass is 264 g/mol. The summed E-state index contributed by atoms with van der Waals surface area (Å²) in [5, 5.41) is 6.26. The molecule has 98 valence electrons. The lowest BCUT2D eigenvalue weighted by Crippen LogP contribution is -2.39. The molecular formula is C14H20N2OS. The van der Waals surface area contributed by atoms with Crippen LogP contribution in [0.3, 0.4) is 0 Å². The van der Waals surface area contributed by atoms with Gasteiger partial charge in [-0.1, -0.05) is 18.2 Å². The Morgan fingerprint density at radius 2 is 2.22 bits per heavy atom. The minimum absolute atomic E-state index is 0.0701. The van der Waals surface area contributed by atoms with Crippen LogP contribution in [-0.2, 0) is 4.79 Å². The second-order valence-electron chi connectivity index (χ2n) is 4.83. The minimum Gasteiger partial charge on any atom is -0.353 e. The van der Waals surface area contributed by atoms with Crippen LogP contribution in [0.4, 0.5) is 0 Å². The minimum atomic E-state index is 0.0701. The van der Waals surface area contributed by atoms with Crippen LogP contribution in [0.2, 0.25) is 0 Å². The van der Waals surface area contributed by atoms with Crippen LogP contribution < -0.4 is 10.6 Å². The van der Waals surface area contributed by atoms with Crippen LogP contribution in [-0.4, -0.2) is 24.2 Å². The molecule has 1 aliphatic heterocycles. The zero-order valence-corrected chi connectivity index (χ0v) is 11.7. The Hall–Kier alpha value is -1.00. The number of fused-ring (bicyclic) bond motifs is 1. The number of benzene rings is 1. The van der Waals surface area contributed by atoms with Gasteiger partial charge in [0.2, 0.25) is 5.91 Å². The van der Waals surface area contributed by atoms with Crippen LogP contribution in [0.5, 0.6) is 0 Å². The molecule has 4 heteroatoms. The Labute approximate surface area is 113 Å². The number of amides is 1. The highest BCUT2D eigenvalue weighted by molar-refractivity contribution is 7.99. The summed E-state index contributed by atoms with van der Waals surface area (Å²) in [5.41, 5.74) is 1.33. The third kappa shape index (κ3) is 3.50. The van der Waals surface area contributed by atoms with E-state index in [1.54, 1.807) is 0 Å².